The van der Waals surface area contributed by atoms with Crippen LogP contribution in [0.25, 0.3) is 0 Å². The fraction of sp³-hybridized carbons (Fsp3) is 0.188. The molecule has 0 atom stereocenters. The number of methoxy groups -OCH3 is 2. The number of carbonyl (C=O) groups is 1. The molecule has 0 unspecified atom stereocenters. The van der Waals surface area contributed by atoms with Gasteiger partial charge < -0.3 is 14.8 Å². The summed E-state index contributed by atoms with van der Waals surface area (Å²) in [6.07, 6.45) is 0. The lowest BCUT2D eigenvalue weighted by atomic mass is 10.1. The molecule has 0 aromatic heterocycles. The maximum absolute atomic E-state index is 12.3. The minimum atomic E-state index is -0.269. The Labute approximate surface area is 128 Å². The molecule has 0 bridgehead atoms. The van der Waals surface area contributed by atoms with Gasteiger partial charge in [0.2, 0.25) is 0 Å². The average Bonchev–Trinajstić information content (AvgIpc) is 2.50. The number of hydrogen-bond acceptors (Lipinski definition) is 3. The summed E-state index contributed by atoms with van der Waals surface area (Å²) in [5, 5.41) is 3.40. The standard InChI is InChI=1S/C16H16ClNO3/c1-10-4-5-11(8-14(10)17)18-16(19)13-7-6-12(20-2)9-15(13)21-3/h4-9H,1-3H3,(H,18,19). The third kappa shape index (κ3) is 3.47. The van der Waals surface area contributed by atoms with E-state index in [1.165, 1.54) is 7.11 Å². The number of carbonyl (C=O) groups excluding carboxylic acids is 1. The molecule has 0 aliphatic rings. The Balaban J connectivity index is 2.25. The topological polar surface area (TPSA) is 47.6 Å². The van der Waals surface area contributed by atoms with Gasteiger partial charge in [-0.05, 0) is 36.8 Å². The first kappa shape index (κ1) is 15.2. The summed E-state index contributed by atoms with van der Waals surface area (Å²) in [5.41, 5.74) is 2.01. The molecule has 0 fully saturated rings. The zero-order valence-corrected chi connectivity index (χ0v) is 12.8. The van der Waals surface area contributed by atoms with Crippen LogP contribution in [0.3, 0.4) is 0 Å². The summed E-state index contributed by atoms with van der Waals surface area (Å²) in [6.45, 7) is 1.90. The van der Waals surface area contributed by atoms with E-state index in [0.717, 1.165) is 5.56 Å². The van der Waals surface area contributed by atoms with Crippen LogP contribution in [-0.2, 0) is 0 Å². The molecule has 21 heavy (non-hydrogen) atoms. The number of hydrogen-bond donors (Lipinski definition) is 1. The number of nitrogens with one attached hydrogen (secondary N) is 1. The summed E-state index contributed by atoms with van der Waals surface area (Å²) in [5.74, 6) is 0.807. The second-order valence-corrected chi connectivity index (χ2v) is 4.89. The lowest BCUT2D eigenvalue weighted by Gasteiger charge is -2.11. The van der Waals surface area contributed by atoms with Crippen LogP contribution in [0.1, 0.15) is 15.9 Å². The van der Waals surface area contributed by atoms with E-state index in [1.807, 2.05) is 13.0 Å². The van der Waals surface area contributed by atoms with E-state index < -0.39 is 0 Å². The van der Waals surface area contributed by atoms with Crippen molar-refractivity contribution in [1.29, 1.82) is 0 Å². The van der Waals surface area contributed by atoms with Crippen LogP contribution in [0.2, 0.25) is 5.02 Å². The highest BCUT2D eigenvalue weighted by atomic mass is 35.5. The highest BCUT2D eigenvalue weighted by molar-refractivity contribution is 6.31. The Bertz CT molecular complexity index is 671. The van der Waals surface area contributed by atoms with E-state index in [2.05, 4.69) is 5.32 Å². The lowest BCUT2D eigenvalue weighted by Crippen LogP contribution is -2.13. The number of aryl methyl sites for hydroxylation is 1. The molecule has 0 saturated carbocycles. The van der Waals surface area contributed by atoms with Crippen molar-refractivity contribution in [2.75, 3.05) is 19.5 Å². The van der Waals surface area contributed by atoms with Crippen LogP contribution in [0, 0.1) is 6.92 Å². The van der Waals surface area contributed by atoms with Crippen LogP contribution in [0.5, 0.6) is 11.5 Å². The largest absolute Gasteiger partial charge is 0.497 e. The number of amides is 1. The minimum absolute atomic E-state index is 0.269. The third-order valence-corrected chi connectivity index (χ3v) is 3.49. The Morgan fingerprint density at radius 1 is 1.10 bits per heavy atom. The first-order valence-corrected chi connectivity index (χ1v) is 6.72. The van der Waals surface area contributed by atoms with Crippen LogP contribution < -0.4 is 14.8 Å². The van der Waals surface area contributed by atoms with Gasteiger partial charge in [-0.2, -0.15) is 0 Å². The van der Waals surface area contributed by atoms with Gasteiger partial charge in [0.15, 0.2) is 0 Å². The summed E-state index contributed by atoms with van der Waals surface area (Å²) >= 11 is 6.05. The summed E-state index contributed by atoms with van der Waals surface area (Å²) in [4.78, 5) is 12.3. The fourth-order valence-corrected chi connectivity index (χ4v) is 2.04. The smallest absolute Gasteiger partial charge is 0.259 e. The Morgan fingerprint density at radius 2 is 1.86 bits per heavy atom. The van der Waals surface area contributed by atoms with Gasteiger partial charge in [-0.1, -0.05) is 17.7 Å². The molecule has 0 saturated heterocycles. The number of halogens is 1. The van der Waals surface area contributed by atoms with E-state index in [4.69, 9.17) is 21.1 Å². The van der Waals surface area contributed by atoms with Gasteiger partial charge in [0.25, 0.3) is 5.91 Å². The molecular formula is C16H16ClNO3. The Hall–Kier alpha value is -2.20. The van der Waals surface area contributed by atoms with Crippen molar-refractivity contribution in [1.82, 2.24) is 0 Å². The predicted molar refractivity (Wildman–Crippen MR) is 83.7 cm³/mol. The van der Waals surface area contributed by atoms with Crippen molar-refractivity contribution in [2.45, 2.75) is 6.92 Å². The van der Waals surface area contributed by atoms with Gasteiger partial charge in [0.1, 0.15) is 11.5 Å². The number of ether oxygens (including phenoxy) is 2. The molecule has 2 aromatic rings. The molecule has 5 heteroatoms. The third-order valence-electron chi connectivity index (χ3n) is 3.08. The molecule has 0 radical (unpaired) electrons. The highest BCUT2D eigenvalue weighted by Gasteiger charge is 2.13. The van der Waals surface area contributed by atoms with Gasteiger partial charge in [-0.3, -0.25) is 4.79 Å². The average molecular weight is 306 g/mol. The molecule has 1 N–H and O–H groups in total. The molecule has 2 rings (SSSR count). The number of benzene rings is 2. The Kier molecular flexibility index (Phi) is 4.70. The normalized spacial score (nSPS) is 10.1. The van der Waals surface area contributed by atoms with Crippen LogP contribution in [0.4, 0.5) is 5.69 Å². The molecule has 4 nitrogen and oxygen atoms in total. The molecule has 1 amide bonds. The van der Waals surface area contributed by atoms with Crippen molar-refractivity contribution in [3.8, 4) is 11.5 Å². The molecule has 0 spiro atoms. The van der Waals surface area contributed by atoms with Crippen molar-refractivity contribution < 1.29 is 14.3 Å². The van der Waals surface area contributed by atoms with E-state index >= 15 is 0 Å². The van der Waals surface area contributed by atoms with E-state index in [9.17, 15) is 4.79 Å². The van der Waals surface area contributed by atoms with Crippen molar-refractivity contribution in [3.63, 3.8) is 0 Å². The molecule has 2 aromatic carbocycles. The van der Waals surface area contributed by atoms with Crippen molar-refractivity contribution in [3.05, 3.63) is 52.5 Å². The molecule has 110 valence electrons. The summed E-state index contributed by atoms with van der Waals surface area (Å²) < 4.78 is 10.3. The lowest BCUT2D eigenvalue weighted by molar-refractivity contribution is 0.102. The molecular weight excluding hydrogens is 290 g/mol. The van der Waals surface area contributed by atoms with Gasteiger partial charge in [0.05, 0.1) is 19.8 Å². The first-order valence-electron chi connectivity index (χ1n) is 6.34. The van der Waals surface area contributed by atoms with Crippen LogP contribution in [-0.4, -0.2) is 20.1 Å². The molecule has 0 aliphatic heterocycles. The second kappa shape index (κ2) is 6.50. The van der Waals surface area contributed by atoms with Crippen molar-refractivity contribution >= 4 is 23.2 Å². The Morgan fingerprint density at radius 3 is 2.48 bits per heavy atom. The van der Waals surface area contributed by atoms with Gasteiger partial charge in [-0.15, -0.1) is 0 Å². The van der Waals surface area contributed by atoms with Crippen LogP contribution >= 0.6 is 11.6 Å². The van der Waals surface area contributed by atoms with Gasteiger partial charge in [0, 0.05) is 16.8 Å². The summed E-state index contributed by atoms with van der Waals surface area (Å²) in [6, 6.07) is 10.4. The zero-order chi connectivity index (χ0) is 15.4. The van der Waals surface area contributed by atoms with Crippen molar-refractivity contribution in [2.24, 2.45) is 0 Å². The monoisotopic (exact) mass is 305 g/mol. The maximum Gasteiger partial charge on any atom is 0.259 e. The zero-order valence-electron chi connectivity index (χ0n) is 12.1. The predicted octanol–water partition coefficient (Wildman–Crippen LogP) is 3.92. The van der Waals surface area contributed by atoms with E-state index in [-0.39, 0.29) is 5.91 Å². The van der Waals surface area contributed by atoms with Gasteiger partial charge >= 0.3 is 0 Å². The molecule has 0 aliphatic carbocycles. The van der Waals surface area contributed by atoms with Gasteiger partial charge in [-0.25, -0.2) is 0 Å². The minimum Gasteiger partial charge on any atom is -0.497 e. The fourth-order valence-electron chi connectivity index (χ4n) is 1.86. The summed E-state index contributed by atoms with van der Waals surface area (Å²) in [7, 11) is 3.07. The quantitative estimate of drug-likeness (QED) is 0.931. The van der Waals surface area contributed by atoms with E-state index in [1.54, 1.807) is 37.4 Å². The molecule has 0 heterocycles. The first-order chi connectivity index (χ1) is 10.0. The maximum atomic E-state index is 12.3. The van der Waals surface area contributed by atoms with E-state index in [0.29, 0.717) is 27.8 Å². The number of anilines is 1. The number of rotatable bonds is 4. The second-order valence-electron chi connectivity index (χ2n) is 4.48. The SMILES string of the molecule is COc1ccc(C(=O)Nc2ccc(C)c(Cl)c2)c(OC)c1. The van der Waals surface area contributed by atoms with Crippen LogP contribution in [0.15, 0.2) is 36.4 Å². The highest BCUT2D eigenvalue weighted by Crippen LogP contribution is 2.26.